The fourth-order valence-corrected chi connectivity index (χ4v) is 3.47. The predicted molar refractivity (Wildman–Crippen MR) is 115 cm³/mol. The van der Waals surface area contributed by atoms with E-state index in [2.05, 4.69) is 15.4 Å². The second kappa shape index (κ2) is 8.66. The van der Waals surface area contributed by atoms with Crippen molar-refractivity contribution in [1.82, 2.24) is 9.99 Å². The van der Waals surface area contributed by atoms with E-state index in [4.69, 9.17) is 4.74 Å². The number of nitrogens with zero attached hydrogens (tertiary/aromatic N) is 3. The fourth-order valence-electron chi connectivity index (χ4n) is 3.47. The molecule has 156 valence electrons. The number of nitrogens with one attached hydrogen (secondary N) is 1. The molecule has 0 saturated heterocycles. The first-order valence-corrected chi connectivity index (χ1v) is 9.62. The van der Waals surface area contributed by atoms with Crippen LogP contribution in [0.4, 0.5) is 10.5 Å². The fraction of sp³-hybridized carbons (Fsp3) is 0.130. The molecule has 2 aromatic carbocycles. The third-order valence-corrected chi connectivity index (χ3v) is 4.98. The number of hydrazone groups is 1. The highest BCUT2D eigenvalue weighted by Gasteiger charge is 2.35. The molecule has 0 spiro atoms. The van der Waals surface area contributed by atoms with Crippen LogP contribution in [-0.2, 0) is 4.74 Å². The Morgan fingerprint density at radius 3 is 2.61 bits per heavy atom. The minimum Gasteiger partial charge on any atom is -0.508 e. The van der Waals surface area contributed by atoms with Gasteiger partial charge in [0, 0.05) is 29.9 Å². The van der Waals surface area contributed by atoms with E-state index in [1.165, 1.54) is 12.1 Å². The number of urea groups is 1. The molecule has 2 amide bonds. The van der Waals surface area contributed by atoms with Crippen LogP contribution in [-0.4, -0.2) is 39.9 Å². The van der Waals surface area contributed by atoms with Crippen LogP contribution in [0.1, 0.15) is 33.9 Å². The zero-order valence-electron chi connectivity index (χ0n) is 16.7. The zero-order valence-corrected chi connectivity index (χ0v) is 16.7. The average Bonchev–Trinajstić information content (AvgIpc) is 3.25. The number of anilines is 1. The minimum absolute atomic E-state index is 0.0721. The first kappa shape index (κ1) is 20.1. The summed E-state index contributed by atoms with van der Waals surface area (Å²) in [6, 6.07) is 16.0. The summed E-state index contributed by atoms with van der Waals surface area (Å²) < 4.78 is 4.79. The van der Waals surface area contributed by atoms with Crippen molar-refractivity contribution in [3.8, 4) is 5.75 Å². The van der Waals surface area contributed by atoms with E-state index in [9.17, 15) is 14.7 Å². The quantitative estimate of drug-likeness (QED) is 0.627. The van der Waals surface area contributed by atoms with Gasteiger partial charge in [-0.15, -0.1) is 0 Å². The smallest absolute Gasteiger partial charge is 0.342 e. The van der Waals surface area contributed by atoms with Gasteiger partial charge in [-0.3, -0.25) is 4.98 Å². The maximum atomic E-state index is 13.2. The lowest BCUT2D eigenvalue weighted by molar-refractivity contribution is 0.0602. The monoisotopic (exact) mass is 416 g/mol. The molecule has 8 nitrogen and oxygen atoms in total. The highest BCUT2D eigenvalue weighted by atomic mass is 16.5. The van der Waals surface area contributed by atoms with E-state index in [0.29, 0.717) is 23.4 Å². The van der Waals surface area contributed by atoms with E-state index in [1.807, 2.05) is 6.07 Å². The first-order chi connectivity index (χ1) is 15.1. The second-order valence-corrected chi connectivity index (χ2v) is 6.88. The SMILES string of the molecule is COC(=O)c1ccccc1NC(=O)N1N=C(c2cccnc2)CC1c1ccccc1O. The Balaban J connectivity index is 1.69. The molecule has 3 aromatic rings. The molecule has 31 heavy (non-hydrogen) atoms. The third-order valence-electron chi connectivity index (χ3n) is 4.98. The number of aromatic nitrogens is 1. The molecular formula is C23H20N4O4. The number of esters is 1. The number of methoxy groups -OCH3 is 1. The summed E-state index contributed by atoms with van der Waals surface area (Å²) in [4.78, 5) is 29.4. The van der Waals surface area contributed by atoms with Crippen molar-refractivity contribution >= 4 is 23.4 Å². The molecule has 1 aliphatic rings. The number of carbonyl (C=O) groups is 2. The maximum Gasteiger partial charge on any atom is 0.342 e. The van der Waals surface area contributed by atoms with Crippen LogP contribution >= 0.6 is 0 Å². The molecule has 0 radical (unpaired) electrons. The Kier molecular flexibility index (Phi) is 5.61. The molecule has 0 saturated carbocycles. The van der Waals surface area contributed by atoms with Crippen LogP contribution in [0.15, 0.2) is 78.2 Å². The number of aromatic hydroxyl groups is 1. The molecule has 1 atom stereocenters. The Hall–Kier alpha value is -4.20. The number of benzene rings is 2. The molecular weight excluding hydrogens is 396 g/mol. The van der Waals surface area contributed by atoms with Crippen LogP contribution in [0.5, 0.6) is 5.75 Å². The molecule has 0 aliphatic carbocycles. The van der Waals surface area contributed by atoms with Crippen molar-refractivity contribution in [2.75, 3.05) is 12.4 Å². The molecule has 1 aliphatic heterocycles. The van der Waals surface area contributed by atoms with E-state index < -0.39 is 18.0 Å². The highest BCUT2D eigenvalue weighted by Crippen LogP contribution is 2.37. The number of hydrogen-bond donors (Lipinski definition) is 2. The predicted octanol–water partition coefficient (Wildman–Crippen LogP) is 3.96. The summed E-state index contributed by atoms with van der Waals surface area (Å²) in [7, 11) is 1.28. The van der Waals surface area contributed by atoms with E-state index in [1.54, 1.807) is 67.0 Å². The standard InChI is InChI=1S/C23H20N4O4/c1-31-22(29)16-8-2-4-10-18(16)25-23(30)27-20(17-9-3-5-11-21(17)28)13-19(26-27)15-7-6-12-24-14-15/h2-12,14,20,28H,13H2,1H3,(H,25,30). The summed E-state index contributed by atoms with van der Waals surface area (Å²) in [5.41, 5.74) is 2.56. The molecule has 0 bridgehead atoms. The van der Waals surface area contributed by atoms with Crippen molar-refractivity contribution in [3.63, 3.8) is 0 Å². The van der Waals surface area contributed by atoms with Crippen molar-refractivity contribution in [2.45, 2.75) is 12.5 Å². The number of para-hydroxylation sites is 2. The van der Waals surface area contributed by atoms with Gasteiger partial charge in [0.25, 0.3) is 0 Å². The Morgan fingerprint density at radius 1 is 1.10 bits per heavy atom. The summed E-state index contributed by atoms with van der Waals surface area (Å²) in [6.45, 7) is 0. The van der Waals surface area contributed by atoms with E-state index >= 15 is 0 Å². The Labute approximate surface area is 178 Å². The van der Waals surface area contributed by atoms with Crippen LogP contribution in [0.3, 0.4) is 0 Å². The van der Waals surface area contributed by atoms with Gasteiger partial charge in [-0.25, -0.2) is 14.6 Å². The number of phenolic OH excluding ortho intramolecular Hbond substituents is 1. The second-order valence-electron chi connectivity index (χ2n) is 6.88. The van der Waals surface area contributed by atoms with Crippen molar-refractivity contribution in [1.29, 1.82) is 0 Å². The van der Waals surface area contributed by atoms with E-state index in [-0.39, 0.29) is 11.3 Å². The number of phenols is 1. The molecule has 1 aromatic heterocycles. The summed E-state index contributed by atoms with van der Waals surface area (Å²) >= 11 is 0. The lowest BCUT2D eigenvalue weighted by atomic mass is 9.98. The van der Waals surface area contributed by atoms with Crippen molar-refractivity contribution in [2.24, 2.45) is 5.10 Å². The van der Waals surface area contributed by atoms with Crippen molar-refractivity contribution < 1.29 is 19.4 Å². The maximum absolute atomic E-state index is 13.2. The number of rotatable bonds is 4. The van der Waals surface area contributed by atoms with Gasteiger partial charge in [0.05, 0.1) is 30.1 Å². The van der Waals surface area contributed by atoms with Gasteiger partial charge in [-0.05, 0) is 24.3 Å². The van der Waals surface area contributed by atoms with Gasteiger partial charge in [-0.2, -0.15) is 5.10 Å². The first-order valence-electron chi connectivity index (χ1n) is 9.62. The zero-order chi connectivity index (χ0) is 21.8. The number of amides is 2. The average molecular weight is 416 g/mol. The normalized spacial score (nSPS) is 15.3. The largest absolute Gasteiger partial charge is 0.508 e. The molecule has 2 heterocycles. The number of hydrogen-bond acceptors (Lipinski definition) is 6. The molecule has 4 rings (SSSR count). The van der Waals surface area contributed by atoms with Gasteiger partial charge in [0.15, 0.2) is 0 Å². The molecule has 2 N–H and O–H groups in total. The van der Waals surface area contributed by atoms with Crippen LogP contribution in [0.2, 0.25) is 0 Å². The number of ether oxygens (including phenoxy) is 1. The van der Waals surface area contributed by atoms with Crippen LogP contribution in [0, 0.1) is 0 Å². The van der Waals surface area contributed by atoms with Gasteiger partial charge in [0.1, 0.15) is 5.75 Å². The molecule has 8 heteroatoms. The topological polar surface area (TPSA) is 104 Å². The molecule has 1 unspecified atom stereocenters. The van der Waals surface area contributed by atoms with Gasteiger partial charge >= 0.3 is 12.0 Å². The summed E-state index contributed by atoms with van der Waals surface area (Å²) in [5, 5.41) is 18.9. The van der Waals surface area contributed by atoms with Crippen LogP contribution < -0.4 is 5.32 Å². The lowest BCUT2D eigenvalue weighted by Crippen LogP contribution is -2.32. The lowest BCUT2D eigenvalue weighted by Gasteiger charge is -2.23. The Morgan fingerprint density at radius 2 is 1.87 bits per heavy atom. The van der Waals surface area contributed by atoms with E-state index in [0.717, 1.165) is 5.56 Å². The van der Waals surface area contributed by atoms with Gasteiger partial charge in [-0.1, -0.05) is 36.4 Å². The van der Waals surface area contributed by atoms with Crippen molar-refractivity contribution in [3.05, 3.63) is 89.7 Å². The summed E-state index contributed by atoms with van der Waals surface area (Å²) in [5.74, 6) is -0.489. The van der Waals surface area contributed by atoms with Gasteiger partial charge < -0.3 is 15.2 Å². The Bertz CT molecular complexity index is 1150. The number of pyridine rings is 1. The highest BCUT2D eigenvalue weighted by molar-refractivity contribution is 6.05. The third kappa shape index (κ3) is 4.09. The van der Waals surface area contributed by atoms with Crippen LogP contribution in [0.25, 0.3) is 0 Å². The molecule has 0 fully saturated rings. The number of carbonyl (C=O) groups excluding carboxylic acids is 2. The minimum atomic E-state index is -0.561. The summed E-state index contributed by atoms with van der Waals surface area (Å²) in [6.07, 6.45) is 3.73. The van der Waals surface area contributed by atoms with Gasteiger partial charge in [0.2, 0.25) is 0 Å².